The summed E-state index contributed by atoms with van der Waals surface area (Å²) in [5.74, 6) is 1.43. The molecule has 7 heteroatoms. The Balaban J connectivity index is 1.66. The zero-order valence-corrected chi connectivity index (χ0v) is 15.6. The van der Waals surface area contributed by atoms with E-state index in [1.54, 1.807) is 16.7 Å². The predicted molar refractivity (Wildman–Crippen MR) is 95.7 cm³/mol. The Hall–Kier alpha value is -1.24. The fraction of sp³-hybridized carbons (Fsp3) is 0.824. The van der Waals surface area contributed by atoms with Crippen molar-refractivity contribution < 1.29 is 14.4 Å². The zero-order chi connectivity index (χ0) is 17.5. The highest BCUT2D eigenvalue weighted by Crippen LogP contribution is 2.20. The normalized spacial score (nSPS) is 22.1. The lowest BCUT2D eigenvalue weighted by Crippen LogP contribution is -2.42. The molecule has 3 amide bonds. The molecule has 1 N–H and O–H groups in total. The summed E-state index contributed by atoms with van der Waals surface area (Å²) in [6, 6.07) is 0. The molecule has 0 radical (unpaired) electrons. The average molecular weight is 356 g/mol. The molecule has 2 aliphatic rings. The third kappa shape index (κ3) is 5.13. The fourth-order valence-corrected chi connectivity index (χ4v) is 3.76. The minimum absolute atomic E-state index is 0.00206. The maximum absolute atomic E-state index is 12.2. The molecule has 0 aromatic rings. The zero-order valence-electron chi connectivity index (χ0n) is 14.8. The first-order chi connectivity index (χ1) is 11.5. The second kappa shape index (κ2) is 9.30. The first-order valence-corrected chi connectivity index (χ1v) is 10.3. The minimum Gasteiger partial charge on any atom is -0.356 e. The molecule has 0 aromatic carbocycles. The van der Waals surface area contributed by atoms with E-state index in [9.17, 15) is 14.4 Å². The van der Waals surface area contributed by atoms with Crippen LogP contribution in [-0.2, 0) is 14.4 Å². The van der Waals surface area contributed by atoms with Crippen LogP contribution in [0, 0.1) is 11.8 Å². The highest BCUT2D eigenvalue weighted by molar-refractivity contribution is 7.98. The van der Waals surface area contributed by atoms with Crippen molar-refractivity contribution in [1.29, 1.82) is 0 Å². The van der Waals surface area contributed by atoms with Gasteiger partial charge < -0.3 is 15.1 Å². The Morgan fingerprint density at radius 2 is 2.00 bits per heavy atom. The molecule has 0 bridgehead atoms. The molecule has 6 nitrogen and oxygen atoms in total. The van der Waals surface area contributed by atoms with Gasteiger partial charge in [0, 0.05) is 51.3 Å². The second-order valence-corrected chi connectivity index (χ2v) is 7.63. The van der Waals surface area contributed by atoms with Crippen molar-refractivity contribution in [3.05, 3.63) is 0 Å². The number of carbonyl (C=O) groups excluding carboxylic acids is 3. The van der Waals surface area contributed by atoms with Crippen LogP contribution in [0.1, 0.15) is 32.6 Å². The maximum atomic E-state index is 12.2. The van der Waals surface area contributed by atoms with Gasteiger partial charge in [-0.15, -0.1) is 0 Å². The van der Waals surface area contributed by atoms with E-state index in [-0.39, 0.29) is 23.6 Å². The standard InChI is InChI=1S/C17H29N3O3S/c1-3-19-12-14(10-16(19)22)17(23)18-11-13-4-7-20(8-5-13)15(21)6-9-24-2/h13-14H,3-12H2,1-2H3,(H,18,23). The largest absolute Gasteiger partial charge is 0.356 e. The van der Waals surface area contributed by atoms with Crippen LogP contribution in [0.2, 0.25) is 0 Å². The van der Waals surface area contributed by atoms with Gasteiger partial charge in [0.25, 0.3) is 0 Å². The Kier molecular flexibility index (Phi) is 7.40. The van der Waals surface area contributed by atoms with Crippen molar-refractivity contribution in [1.82, 2.24) is 15.1 Å². The van der Waals surface area contributed by atoms with Gasteiger partial charge in [-0.2, -0.15) is 11.8 Å². The molecular formula is C17H29N3O3S. The van der Waals surface area contributed by atoms with E-state index >= 15 is 0 Å². The van der Waals surface area contributed by atoms with Crippen LogP contribution in [0.3, 0.4) is 0 Å². The van der Waals surface area contributed by atoms with Crippen LogP contribution >= 0.6 is 11.8 Å². The molecule has 0 aliphatic carbocycles. The Bertz CT molecular complexity index is 464. The molecule has 136 valence electrons. The molecule has 0 saturated carbocycles. The molecule has 2 heterocycles. The van der Waals surface area contributed by atoms with Crippen molar-refractivity contribution in [3.63, 3.8) is 0 Å². The van der Waals surface area contributed by atoms with Gasteiger partial charge in [0.2, 0.25) is 17.7 Å². The molecule has 1 atom stereocenters. The highest BCUT2D eigenvalue weighted by atomic mass is 32.2. The lowest BCUT2D eigenvalue weighted by Gasteiger charge is -2.32. The number of thioether (sulfide) groups is 1. The first-order valence-electron chi connectivity index (χ1n) is 8.87. The molecular weight excluding hydrogens is 326 g/mol. The third-order valence-corrected chi connectivity index (χ3v) is 5.63. The average Bonchev–Trinajstić information content (AvgIpc) is 2.99. The summed E-state index contributed by atoms with van der Waals surface area (Å²) in [4.78, 5) is 39.6. The molecule has 0 spiro atoms. The summed E-state index contributed by atoms with van der Waals surface area (Å²) >= 11 is 1.70. The minimum atomic E-state index is -0.203. The van der Waals surface area contributed by atoms with Crippen molar-refractivity contribution in [2.75, 3.05) is 44.7 Å². The van der Waals surface area contributed by atoms with Crippen molar-refractivity contribution in [3.8, 4) is 0 Å². The predicted octanol–water partition coefficient (Wildman–Crippen LogP) is 0.963. The van der Waals surface area contributed by atoms with Crippen LogP contribution in [-0.4, -0.2) is 72.3 Å². The molecule has 24 heavy (non-hydrogen) atoms. The van der Waals surface area contributed by atoms with Crippen molar-refractivity contribution in [2.45, 2.75) is 32.6 Å². The Morgan fingerprint density at radius 3 is 2.58 bits per heavy atom. The Labute approximate surface area is 148 Å². The van der Waals surface area contributed by atoms with Gasteiger partial charge in [-0.05, 0) is 31.9 Å². The quantitative estimate of drug-likeness (QED) is 0.739. The van der Waals surface area contributed by atoms with Crippen molar-refractivity contribution >= 4 is 29.5 Å². The van der Waals surface area contributed by atoms with Gasteiger partial charge >= 0.3 is 0 Å². The summed E-state index contributed by atoms with van der Waals surface area (Å²) in [6.45, 7) is 5.39. The lowest BCUT2D eigenvalue weighted by molar-refractivity contribution is -0.132. The lowest BCUT2D eigenvalue weighted by atomic mass is 9.96. The molecule has 0 aromatic heterocycles. The SMILES string of the molecule is CCN1CC(C(=O)NCC2CCN(C(=O)CCSC)CC2)CC1=O. The molecule has 2 rings (SSSR count). The number of amides is 3. The fourth-order valence-electron chi connectivity index (χ4n) is 3.38. The van der Waals surface area contributed by atoms with Gasteiger partial charge in [-0.25, -0.2) is 0 Å². The van der Waals surface area contributed by atoms with Gasteiger partial charge in [-0.3, -0.25) is 14.4 Å². The van der Waals surface area contributed by atoms with Gasteiger partial charge in [0.15, 0.2) is 0 Å². The third-order valence-electron chi connectivity index (χ3n) is 5.02. The molecule has 2 saturated heterocycles. The van der Waals surface area contributed by atoms with E-state index in [1.165, 1.54) is 0 Å². The molecule has 1 unspecified atom stereocenters. The summed E-state index contributed by atoms with van der Waals surface area (Å²) in [5, 5.41) is 3.01. The highest BCUT2D eigenvalue weighted by Gasteiger charge is 2.33. The van der Waals surface area contributed by atoms with E-state index < -0.39 is 0 Å². The number of hydrogen-bond donors (Lipinski definition) is 1. The number of nitrogens with one attached hydrogen (secondary N) is 1. The molecule has 2 aliphatic heterocycles. The van der Waals surface area contributed by atoms with E-state index in [1.807, 2.05) is 18.1 Å². The maximum Gasteiger partial charge on any atom is 0.225 e. The van der Waals surface area contributed by atoms with Crippen LogP contribution in [0.5, 0.6) is 0 Å². The number of likely N-dealkylation sites (tertiary alicyclic amines) is 2. The van der Waals surface area contributed by atoms with Crippen LogP contribution in [0.4, 0.5) is 0 Å². The summed E-state index contributed by atoms with van der Waals surface area (Å²) in [7, 11) is 0. The van der Waals surface area contributed by atoms with Gasteiger partial charge in [0.05, 0.1) is 5.92 Å². The number of hydrogen-bond acceptors (Lipinski definition) is 4. The van der Waals surface area contributed by atoms with E-state index in [0.717, 1.165) is 31.7 Å². The van der Waals surface area contributed by atoms with Gasteiger partial charge in [-0.1, -0.05) is 0 Å². The monoisotopic (exact) mass is 355 g/mol. The van der Waals surface area contributed by atoms with E-state index in [0.29, 0.717) is 38.4 Å². The van der Waals surface area contributed by atoms with Crippen LogP contribution in [0.15, 0.2) is 0 Å². The van der Waals surface area contributed by atoms with Crippen LogP contribution < -0.4 is 5.32 Å². The number of carbonyl (C=O) groups is 3. The van der Waals surface area contributed by atoms with Gasteiger partial charge in [0.1, 0.15) is 0 Å². The molecule has 2 fully saturated rings. The second-order valence-electron chi connectivity index (χ2n) is 6.65. The van der Waals surface area contributed by atoms with E-state index in [4.69, 9.17) is 0 Å². The number of nitrogens with zero attached hydrogens (tertiary/aromatic N) is 2. The smallest absolute Gasteiger partial charge is 0.225 e. The first kappa shape index (κ1) is 19.1. The topological polar surface area (TPSA) is 69.7 Å². The number of piperidine rings is 1. The summed E-state index contributed by atoms with van der Waals surface area (Å²) in [6.07, 6.45) is 4.85. The summed E-state index contributed by atoms with van der Waals surface area (Å²) in [5.41, 5.74) is 0. The van der Waals surface area contributed by atoms with E-state index in [2.05, 4.69) is 5.32 Å². The van der Waals surface area contributed by atoms with Crippen molar-refractivity contribution in [2.24, 2.45) is 11.8 Å². The van der Waals surface area contributed by atoms with Crippen LogP contribution in [0.25, 0.3) is 0 Å². The Morgan fingerprint density at radius 1 is 1.29 bits per heavy atom. The number of rotatable bonds is 7. The summed E-state index contributed by atoms with van der Waals surface area (Å²) < 4.78 is 0.